The van der Waals surface area contributed by atoms with Gasteiger partial charge >= 0.3 is 16.5 Å². The van der Waals surface area contributed by atoms with Gasteiger partial charge in [-0.05, 0) is 6.92 Å². The third-order valence-corrected chi connectivity index (χ3v) is 1.51. The van der Waals surface area contributed by atoms with Crippen molar-refractivity contribution in [2.45, 2.75) is 13.3 Å². The summed E-state index contributed by atoms with van der Waals surface area (Å²) in [6, 6.07) is 8.84. The predicted molar refractivity (Wildman–Crippen MR) is 46.1 cm³/mol. The van der Waals surface area contributed by atoms with Crippen molar-refractivity contribution in [1.29, 1.82) is 0 Å². The fourth-order valence-corrected chi connectivity index (χ4v) is 0.952. The molecular formula is C10H10NiO2+2. The van der Waals surface area contributed by atoms with Gasteiger partial charge in [0.25, 0.3) is 0 Å². The van der Waals surface area contributed by atoms with E-state index in [1.54, 1.807) is 24.3 Å². The smallest absolute Gasteiger partial charge is 0.300 e. The minimum atomic E-state index is -0.108. The van der Waals surface area contributed by atoms with E-state index < -0.39 is 0 Å². The van der Waals surface area contributed by atoms with Crippen LogP contribution in [0.1, 0.15) is 23.7 Å². The van der Waals surface area contributed by atoms with Crippen molar-refractivity contribution in [3.8, 4) is 0 Å². The Bertz CT molecular complexity index is 293. The average molecular weight is 221 g/mol. The van der Waals surface area contributed by atoms with E-state index in [1.807, 2.05) is 6.07 Å². The molecule has 0 N–H and O–H groups in total. The van der Waals surface area contributed by atoms with Crippen LogP contribution >= 0.6 is 0 Å². The van der Waals surface area contributed by atoms with Gasteiger partial charge in [0.15, 0.2) is 5.78 Å². The second-order valence-corrected chi connectivity index (χ2v) is 2.67. The van der Waals surface area contributed by atoms with E-state index in [0.717, 1.165) is 0 Å². The third kappa shape index (κ3) is 4.00. The molecule has 3 heteroatoms. The number of carbonyl (C=O) groups excluding carboxylic acids is 2. The third-order valence-electron chi connectivity index (χ3n) is 1.51. The predicted octanol–water partition coefficient (Wildman–Crippen LogP) is 1.85. The quantitative estimate of drug-likeness (QED) is 0.443. The molecule has 0 aliphatic carbocycles. The Hall–Kier alpha value is -0.946. The van der Waals surface area contributed by atoms with E-state index in [-0.39, 0.29) is 34.5 Å². The molecule has 1 aromatic carbocycles. The number of rotatable bonds is 3. The summed E-state index contributed by atoms with van der Waals surface area (Å²) in [7, 11) is 0. The number of benzene rings is 1. The molecule has 2 nitrogen and oxygen atoms in total. The zero-order chi connectivity index (χ0) is 8.97. The first-order valence-corrected chi connectivity index (χ1v) is 3.78. The van der Waals surface area contributed by atoms with Crippen molar-refractivity contribution in [2.75, 3.05) is 0 Å². The maximum absolute atomic E-state index is 11.2. The summed E-state index contributed by atoms with van der Waals surface area (Å²) in [5, 5.41) is 0. The standard InChI is InChI=1S/C10H10O2.Ni/c1-8(11)7-10(12)9-5-3-2-4-6-9;/h2-6H,7H2,1H3;/q;+2. The molecule has 0 fully saturated rings. The molecule has 0 saturated heterocycles. The molecule has 0 unspecified atom stereocenters. The molecule has 0 amide bonds. The summed E-state index contributed by atoms with van der Waals surface area (Å²) in [6.07, 6.45) is 0.00398. The molecule has 0 atom stereocenters. The van der Waals surface area contributed by atoms with Crippen molar-refractivity contribution < 1.29 is 26.1 Å². The molecule has 70 valence electrons. The Labute approximate surface area is 87.3 Å². The zero-order valence-electron chi connectivity index (χ0n) is 7.23. The van der Waals surface area contributed by atoms with E-state index in [4.69, 9.17) is 0 Å². The first-order valence-electron chi connectivity index (χ1n) is 3.78. The van der Waals surface area contributed by atoms with Crippen molar-refractivity contribution in [3.05, 3.63) is 35.9 Å². The molecule has 0 bridgehead atoms. The number of hydrogen-bond acceptors (Lipinski definition) is 2. The van der Waals surface area contributed by atoms with E-state index in [9.17, 15) is 9.59 Å². The van der Waals surface area contributed by atoms with Gasteiger partial charge in [-0.2, -0.15) is 0 Å². The fraction of sp³-hybridized carbons (Fsp3) is 0.200. The van der Waals surface area contributed by atoms with Crippen molar-refractivity contribution in [1.82, 2.24) is 0 Å². The van der Waals surface area contributed by atoms with Crippen LogP contribution in [0.25, 0.3) is 0 Å². The molecule has 0 spiro atoms. The van der Waals surface area contributed by atoms with Crippen molar-refractivity contribution in [2.24, 2.45) is 0 Å². The van der Waals surface area contributed by atoms with Crippen LogP contribution in [0.3, 0.4) is 0 Å². The SMILES string of the molecule is CC(=O)CC(=O)c1ccccc1.[Ni+2]. The van der Waals surface area contributed by atoms with Crippen LogP contribution in [-0.4, -0.2) is 11.6 Å². The van der Waals surface area contributed by atoms with Gasteiger partial charge in [0.2, 0.25) is 0 Å². The first-order chi connectivity index (χ1) is 5.70. The van der Waals surface area contributed by atoms with E-state index >= 15 is 0 Å². The number of ketones is 2. The molecule has 0 radical (unpaired) electrons. The summed E-state index contributed by atoms with van der Waals surface area (Å²) >= 11 is 0. The molecule has 0 aliphatic rings. The van der Waals surface area contributed by atoms with Crippen LogP contribution in [0, 0.1) is 0 Å². The van der Waals surface area contributed by atoms with E-state index in [2.05, 4.69) is 0 Å². The van der Waals surface area contributed by atoms with Gasteiger partial charge in [0.05, 0.1) is 6.42 Å². The largest absolute Gasteiger partial charge is 2.00 e. The Morgan fingerprint density at radius 3 is 2.15 bits per heavy atom. The number of carbonyl (C=O) groups is 2. The van der Waals surface area contributed by atoms with Crippen LogP contribution < -0.4 is 0 Å². The molecule has 0 aromatic heterocycles. The van der Waals surface area contributed by atoms with Gasteiger partial charge < -0.3 is 0 Å². The molecule has 1 aromatic rings. The molecule has 1 rings (SSSR count). The Morgan fingerprint density at radius 2 is 1.69 bits per heavy atom. The Kier molecular flexibility index (Phi) is 5.24. The second kappa shape index (κ2) is 5.66. The van der Waals surface area contributed by atoms with Crippen LogP contribution in [-0.2, 0) is 21.3 Å². The summed E-state index contributed by atoms with van der Waals surface area (Å²) in [5.41, 5.74) is 0.604. The number of Topliss-reactive ketones (excluding diaryl/α,β-unsaturated/α-hetero) is 2. The van der Waals surface area contributed by atoms with E-state index in [0.29, 0.717) is 5.56 Å². The van der Waals surface area contributed by atoms with Crippen molar-refractivity contribution >= 4 is 11.6 Å². The molecule has 0 heterocycles. The minimum Gasteiger partial charge on any atom is -0.300 e. The molecular weight excluding hydrogens is 211 g/mol. The van der Waals surface area contributed by atoms with Gasteiger partial charge in [-0.1, -0.05) is 30.3 Å². The van der Waals surface area contributed by atoms with Crippen molar-refractivity contribution in [3.63, 3.8) is 0 Å². The fourth-order valence-electron chi connectivity index (χ4n) is 0.952. The minimum absolute atomic E-state index is 0. The zero-order valence-corrected chi connectivity index (χ0v) is 8.21. The first kappa shape index (κ1) is 12.1. The summed E-state index contributed by atoms with van der Waals surface area (Å²) in [6.45, 7) is 1.42. The van der Waals surface area contributed by atoms with Gasteiger partial charge in [0, 0.05) is 5.56 Å². The molecule has 13 heavy (non-hydrogen) atoms. The summed E-state index contributed by atoms with van der Waals surface area (Å²) in [4.78, 5) is 21.8. The second-order valence-electron chi connectivity index (χ2n) is 2.67. The van der Waals surface area contributed by atoms with E-state index in [1.165, 1.54) is 6.92 Å². The van der Waals surface area contributed by atoms with Gasteiger partial charge in [0.1, 0.15) is 5.78 Å². The molecule has 0 aliphatic heterocycles. The van der Waals surface area contributed by atoms with Gasteiger partial charge in [-0.25, -0.2) is 0 Å². The van der Waals surface area contributed by atoms with Gasteiger partial charge in [-0.3, -0.25) is 9.59 Å². The summed E-state index contributed by atoms with van der Waals surface area (Å²) < 4.78 is 0. The molecule has 0 saturated carbocycles. The van der Waals surface area contributed by atoms with Crippen LogP contribution in [0.2, 0.25) is 0 Å². The van der Waals surface area contributed by atoms with Crippen LogP contribution in [0.4, 0.5) is 0 Å². The van der Waals surface area contributed by atoms with Crippen LogP contribution in [0.5, 0.6) is 0 Å². The normalized spacial score (nSPS) is 8.69. The Balaban J connectivity index is 0.00000144. The maximum Gasteiger partial charge on any atom is 2.00 e. The summed E-state index contributed by atoms with van der Waals surface area (Å²) in [5.74, 6) is -0.202. The monoisotopic (exact) mass is 220 g/mol. The maximum atomic E-state index is 11.2. The topological polar surface area (TPSA) is 34.1 Å². The van der Waals surface area contributed by atoms with Gasteiger partial charge in [-0.15, -0.1) is 0 Å². The number of hydrogen-bond donors (Lipinski definition) is 0. The Morgan fingerprint density at radius 1 is 1.15 bits per heavy atom. The van der Waals surface area contributed by atoms with Crippen LogP contribution in [0.15, 0.2) is 30.3 Å². The average Bonchev–Trinajstić information content (AvgIpc) is 2.05.